The molecule has 0 saturated carbocycles. The van der Waals surface area contributed by atoms with Crippen LogP contribution in [0, 0.1) is 0 Å². The molecule has 0 amide bonds. The third kappa shape index (κ3) is 6.42. The number of hydrogen-bond acceptors (Lipinski definition) is 3. The van der Waals surface area contributed by atoms with E-state index < -0.39 is 0 Å². The Bertz CT molecular complexity index is 589. The molecule has 0 saturated heterocycles. The van der Waals surface area contributed by atoms with Crippen molar-refractivity contribution in [1.82, 2.24) is 5.32 Å². The van der Waals surface area contributed by atoms with Crippen LogP contribution in [0.3, 0.4) is 0 Å². The molecular formula is C20H28ClNO2. The minimum atomic E-state index is 0. The zero-order chi connectivity index (χ0) is 16.5. The van der Waals surface area contributed by atoms with Gasteiger partial charge in [0.2, 0.25) is 0 Å². The predicted molar refractivity (Wildman–Crippen MR) is 102 cm³/mol. The van der Waals surface area contributed by atoms with Gasteiger partial charge in [-0.15, -0.1) is 12.4 Å². The summed E-state index contributed by atoms with van der Waals surface area (Å²) in [7, 11) is 0. The lowest BCUT2D eigenvalue weighted by molar-refractivity contribution is 0.269. The van der Waals surface area contributed by atoms with Gasteiger partial charge in [-0.05, 0) is 43.5 Å². The Morgan fingerprint density at radius 2 is 1.67 bits per heavy atom. The Morgan fingerprint density at radius 1 is 0.917 bits per heavy atom. The second kappa shape index (κ2) is 11.0. The van der Waals surface area contributed by atoms with Crippen LogP contribution in [0.1, 0.15) is 38.3 Å². The normalized spacial score (nSPS) is 11.5. The average molecular weight is 350 g/mol. The van der Waals surface area contributed by atoms with E-state index in [1.807, 2.05) is 31.2 Å². The second-order valence-corrected chi connectivity index (χ2v) is 5.68. The van der Waals surface area contributed by atoms with Gasteiger partial charge < -0.3 is 14.8 Å². The SMILES string of the molecule is CCOc1cc(CNC(C)CC)ccc1OCc1ccccc1.Cl. The Morgan fingerprint density at radius 3 is 2.33 bits per heavy atom. The maximum absolute atomic E-state index is 5.93. The minimum Gasteiger partial charge on any atom is -0.490 e. The molecule has 132 valence electrons. The van der Waals surface area contributed by atoms with Crippen LogP contribution in [-0.4, -0.2) is 12.6 Å². The lowest BCUT2D eigenvalue weighted by Crippen LogP contribution is -2.24. The summed E-state index contributed by atoms with van der Waals surface area (Å²) < 4.78 is 11.7. The first kappa shape index (κ1) is 20.3. The van der Waals surface area contributed by atoms with Crippen molar-refractivity contribution >= 4 is 12.4 Å². The lowest BCUT2D eigenvalue weighted by atomic mass is 10.1. The molecule has 3 nitrogen and oxygen atoms in total. The van der Waals surface area contributed by atoms with E-state index >= 15 is 0 Å². The monoisotopic (exact) mass is 349 g/mol. The van der Waals surface area contributed by atoms with Crippen LogP contribution in [0.5, 0.6) is 11.5 Å². The summed E-state index contributed by atoms with van der Waals surface area (Å²) in [5, 5.41) is 3.50. The van der Waals surface area contributed by atoms with Crippen molar-refractivity contribution in [3.63, 3.8) is 0 Å². The molecule has 2 rings (SSSR count). The van der Waals surface area contributed by atoms with E-state index in [1.54, 1.807) is 0 Å². The summed E-state index contributed by atoms with van der Waals surface area (Å²) in [6, 6.07) is 16.8. The molecule has 1 N–H and O–H groups in total. The first-order valence-electron chi connectivity index (χ1n) is 8.38. The quantitative estimate of drug-likeness (QED) is 0.693. The fourth-order valence-corrected chi connectivity index (χ4v) is 2.22. The maximum Gasteiger partial charge on any atom is 0.161 e. The highest BCUT2D eigenvalue weighted by atomic mass is 35.5. The molecule has 1 unspecified atom stereocenters. The molecular weight excluding hydrogens is 322 g/mol. The molecule has 1 atom stereocenters. The summed E-state index contributed by atoms with van der Waals surface area (Å²) in [4.78, 5) is 0. The second-order valence-electron chi connectivity index (χ2n) is 5.68. The zero-order valence-corrected chi connectivity index (χ0v) is 15.6. The van der Waals surface area contributed by atoms with E-state index in [0.29, 0.717) is 19.3 Å². The van der Waals surface area contributed by atoms with Crippen LogP contribution in [0.4, 0.5) is 0 Å². The Labute approximate surface area is 151 Å². The smallest absolute Gasteiger partial charge is 0.161 e. The number of nitrogens with one attached hydrogen (secondary N) is 1. The van der Waals surface area contributed by atoms with E-state index in [1.165, 1.54) is 5.56 Å². The van der Waals surface area contributed by atoms with Crippen LogP contribution < -0.4 is 14.8 Å². The molecule has 2 aromatic rings. The topological polar surface area (TPSA) is 30.5 Å². The molecule has 0 bridgehead atoms. The summed E-state index contributed by atoms with van der Waals surface area (Å²) in [6.45, 7) is 8.39. The van der Waals surface area contributed by atoms with Crippen LogP contribution in [-0.2, 0) is 13.2 Å². The van der Waals surface area contributed by atoms with Crippen LogP contribution in [0.2, 0.25) is 0 Å². The largest absolute Gasteiger partial charge is 0.490 e. The highest BCUT2D eigenvalue weighted by Crippen LogP contribution is 2.29. The minimum absolute atomic E-state index is 0. The van der Waals surface area contributed by atoms with E-state index in [-0.39, 0.29) is 12.4 Å². The molecule has 0 aliphatic carbocycles. The van der Waals surface area contributed by atoms with E-state index in [2.05, 4.69) is 43.4 Å². The first-order valence-corrected chi connectivity index (χ1v) is 8.38. The van der Waals surface area contributed by atoms with Crippen molar-refractivity contribution in [1.29, 1.82) is 0 Å². The predicted octanol–water partition coefficient (Wildman–Crippen LogP) is 4.97. The number of ether oxygens (including phenoxy) is 2. The summed E-state index contributed by atoms with van der Waals surface area (Å²) >= 11 is 0. The molecule has 0 heterocycles. The summed E-state index contributed by atoms with van der Waals surface area (Å²) in [6.07, 6.45) is 1.12. The molecule has 0 spiro atoms. The van der Waals surface area contributed by atoms with E-state index in [0.717, 1.165) is 30.0 Å². The number of rotatable bonds is 9. The maximum atomic E-state index is 5.93. The van der Waals surface area contributed by atoms with Gasteiger partial charge in [0.25, 0.3) is 0 Å². The molecule has 0 fully saturated rings. The number of halogens is 1. The van der Waals surface area contributed by atoms with Gasteiger partial charge in [0.1, 0.15) is 6.61 Å². The molecule has 0 radical (unpaired) electrons. The fraction of sp³-hybridized carbons (Fsp3) is 0.400. The van der Waals surface area contributed by atoms with E-state index in [9.17, 15) is 0 Å². The van der Waals surface area contributed by atoms with Gasteiger partial charge in [0.15, 0.2) is 11.5 Å². The van der Waals surface area contributed by atoms with Crippen molar-refractivity contribution in [2.45, 2.75) is 46.4 Å². The van der Waals surface area contributed by atoms with Crippen molar-refractivity contribution < 1.29 is 9.47 Å². The highest BCUT2D eigenvalue weighted by Gasteiger charge is 2.08. The first-order chi connectivity index (χ1) is 11.2. The average Bonchev–Trinajstić information content (AvgIpc) is 2.60. The van der Waals surface area contributed by atoms with E-state index in [4.69, 9.17) is 9.47 Å². The molecule has 2 aromatic carbocycles. The van der Waals surface area contributed by atoms with Crippen molar-refractivity contribution in [2.75, 3.05) is 6.61 Å². The number of hydrogen-bond donors (Lipinski definition) is 1. The van der Waals surface area contributed by atoms with Crippen LogP contribution >= 0.6 is 12.4 Å². The molecule has 24 heavy (non-hydrogen) atoms. The summed E-state index contributed by atoms with van der Waals surface area (Å²) in [5.41, 5.74) is 2.36. The van der Waals surface area contributed by atoms with Gasteiger partial charge >= 0.3 is 0 Å². The van der Waals surface area contributed by atoms with Crippen molar-refractivity contribution in [3.8, 4) is 11.5 Å². The van der Waals surface area contributed by atoms with Gasteiger partial charge in [0, 0.05) is 12.6 Å². The van der Waals surface area contributed by atoms with Gasteiger partial charge in [-0.3, -0.25) is 0 Å². The Kier molecular flexibility index (Phi) is 9.28. The fourth-order valence-electron chi connectivity index (χ4n) is 2.22. The third-order valence-electron chi connectivity index (χ3n) is 3.81. The summed E-state index contributed by atoms with van der Waals surface area (Å²) in [5.74, 6) is 1.61. The zero-order valence-electron chi connectivity index (χ0n) is 14.7. The molecule has 0 aromatic heterocycles. The number of benzene rings is 2. The lowest BCUT2D eigenvalue weighted by Gasteiger charge is -2.15. The van der Waals surface area contributed by atoms with Crippen LogP contribution in [0.25, 0.3) is 0 Å². The van der Waals surface area contributed by atoms with Crippen molar-refractivity contribution in [2.24, 2.45) is 0 Å². The Balaban J connectivity index is 0.00000288. The molecule has 4 heteroatoms. The van der Waals surface area contributed by atoms with Crippen molar-refractivity contribution in [3.05, 3.63) is 59.7 Å². The van der Waals surface area contributed by atoms with Crippen LogP contribution in [0.15, 0.2) is 48.5 Å². The molecule has 0 aliphatic heterocycles. The van der Waals surface area contributed by atoms with Gasteiger partial charge in [0.05, 0.1) is 6.61 Å². The standard InChI is InChI=1S/C20H27NO2.ClH/c1-4-16(3)21-14-18-11-12-19(20(13-18)22-5-2)23-15-17-9-7-6-8-10-17;/h6-13,16,21H,4-5,14-15H2,1-3H3;1H. The third-order valence-corrected chi connectivity index (χ3v) is 3.81. The van der Waals surface area contributed by atoms with Gasteiger partial charge in [-0.2, -0.15) is 0 Å². The van der Waals surface area contributed by atoms with Gasteiger partial charge in [-0.25, -0.2) is 0 Å². The Hall–Kier alpha value is -1.71. The molecule has 0 aliphatic rings. The highest BCUT2D eigenvalue weighted by molar-refractivity contribution is 5.85. The van der Waals surface area contributed by atoms with Gasteiger partial charge in [-0.1, -0.05) is 43.3 Å².